The van der Waals surface area contributed by atoms with Crippen LogP contribution in [0.5, 0.6) is 5.75 Å². The second kappa shape index (κ2) is 4.45. The van der Waals surface area contributed by atoms with Gasteiger partial charge in [-0.15, -0.1) is 0 Å². The van der Waals surface area contributed by atoms with Crippen molar-refractivity contribution in [1.82, 2.24) is 0 Å². The molecule has 1 aromatic rings. The summed E-state index contributed by atoms with van der Waals surface area (Å²) >= 11 is 0. The average molecular weight is 290 g/mol. The molecule has 3 rings (SSSR count). The van der Waals surface area contributed by atoms with E-state index in [0.717, 1.165) is 6.42 Å². The number of phenolic OH excluding ortho intramolecular Hbond substituents is 1. The van der Waals surface area contributed by atoms with Gasteiger partial charge in [-0.25, -0.2) is 0 Å². The number of carbonyl (C=O) groups excluding carboxylic acids is 1. The number of phenols is 1. The van der Waals surface area contributed by atoms with Crippen LogP contribution in [-0.4, -0.2) is 29.3 Å². The van der Waals surface area contributed by atoms with Crippen molar-refractivity contribution in [3.63, 3.8) is 0 Å². The van der Waals surface area contributed by atoms with Gasteiger partial charge < -0.3 is 20.9 Å². The number of hydrogen-bond donors (Lipinski definition) is 3. The van der Waals surface area contributed by atoms with Crippen molar-refractivity contribution >= 4 is 11.6 Å². The standard InChI is InChI=1S/C16H22N2O3/c1-9-5-4-6-11(12(9)19)18-14(20)16(17)10-7-8-21-13(10)15(16,2)3/h4-6,10,13,19H,7-8,17H2,1-3H3,(H,18,20). The number of rotatable bonds is 2. The van der Waals surface area contributed by atoms with Crippen LogP contribution in [0.3, 0.4) is 0 Å². The molecule has 0 aromatic heterocycles. The molecule has 0 spiro atoms. The molecule has 3 unspecified atom stereocenters. The third-order valence-corrected chi connectivity index (χ3v) is 5.32. The molecule has 1 aromatic carbocycles. The Bertz CT molecular complexity index is 599. The summed E-state index contributed by atoms with van der Waals surface area (Å²) in [6.45, 7) is 6.38. The van der Waals surface area contributed by atoms with E-state index >= 15 is 0 Å². The number of para-hydroxylation sites is 1. The number of nitrogens with two attached hydrogens (primary N) is 1. The van der Waals surface area contributed by atoms with Gasteiger partial charge in [0.05, 0.1) is 11.8 Å². The minimum absolute atomic E-state index is 0.0411. The van der Waals surface area contributed by atoms with E-state index in [4.69, 9.17) is 10.5 Å². The highest BCUT2D eigenvalue weighted by atomic mass is 16.5. The second-order valence-electron chi connectivity index (χ2n) is 6.70. The Balaban J connectivity index is 1.87. The van der Waals surface area contributed by atoms with Crippen molar-refractivity contribution < 1.29 is 14.6 Å². The van der Waals surface area contributed by atoms with Crippen molar-refractivity contribution in [3.8, 4) is 5.75 Å². The Morgan fingerprint density at radius 1 is 1.48 bits per heavy atom. The number of aryl methyl sites for hydroxylation is 1. The van der Waals surface area contributed by atoms with E-state index in [1.165, 1.54) is 0 Å². The highest BCUT2D eigenvalue weighted by molar-refractivity contribution is 6.01. The maximum Gasteiger partial charge on any atom is 0.245 e. The van der Waals surface area contributed by atoms with Crippen LogP contribution in [0, 0.1) is 18.3 Å². The molecule has 1 amide bonds. The van der Waals surface area contributed by atoms with Gasteiger partial charge in [-0.2, -0.15) is 0 Å². The number of fused-ring (bicyclic) bond motifs is 1. The molecule has 21 heavy (non-hydrogen) atoms. The zero-order valence-corrected chi connectivity index (χ0v) is 12.6. The van der Waals surface area contributed by atoms with Crippen LogP contribution in [0.2, 0.25) is 0 Å². The number of carbonyl (C=O) groups is 1. The van der Waals surface area contributed by atoms with Crippen LogP contribution in [0.15, 0.2) is 18.2 Å². The number of benzene rings is 1. The zero-order chi connectivity index (χ0) is 15.4. The Hall–Kier alpha value is -1.59. The smallest absolute Gasteiger partial charge is 0.245 e. The fraction of sp³-hybridized carbons (Fsp3) is 0.562. The third-order valence-electron chi connectivity index (χ3n) is 5.32. The Labute approximate surface area is 124 Å². The Morgan fingerprint density at radius 2 is 2.19 bits per heavy atom. The van der Waals surface area contributed by atoms with Crippen LogP contribution < -0.4 is 11.1 Å². The molecular weight excluding hydrogens is 268 g/mol. The molecule has 2 aliphatic rings. The predicted molar refractivity (Wildman–Crippen MR) is 80.0 cm³/mol. The van der Waals surface area contributed by atoms with Gasteiger partial charge in [0, 0.05) is 17.9 Å². The molecule has 1 saturated heterocycles. The fourth-order valence-electron chi connectivity index (χ4n) is 3.83. The molecule has 5 nitrogen and oxygen atoms in total. The van der Waals surface area contributed by atoms with Crippen molar-refractivity contribution in [1.29, 1.82) is 0 Å². The lowest BCUT2D eigenvalue weighted by Gasteiger charge is -2.60. The summed E-state index contributed by atoms with van der Waals surface area (Å²) < 4.78 is 5.70. The van der Waals surface area contributed by atoms with E-state index in [1.54, 1.807) is 25.1 Å². The van der Waals surface area contributed by atoms with Crippen molar-refractivity contribution in [2.45, 2.75) is 38.8 Å². The largest absolute Gasteiger partial charge is 0.505 e. The molecule has 4 N–H and O–H groups in total. The zero-order valence-electron chi connectivity index (χ0n) is 12.6. The lowest BCUT2D eigenvalue weighted by atomic mass is 9.48. The maximum absolute atomic E-state index is 12.7. The van der Waals surface area contributed by atoms with E-state index in [2.05, 4.69) is 5.32 Å². The van der Waals surface area contributed by atoms with Crippen LogP contribution in [0.1, 0.15) is 25.8 Å². The topological polar surface area (TPSA) is 84.6 Å². The van der Waals surface area contributed by atoms with E-state index in [9.17, 15) is 9.90 Å². The molecule has 3 atom stereocenters. The fourth-order valence-corrected chi connectivity index (χ4v) is 3.83. The molecule has 1 aliphatic heterocycles. The Kier molecular flexibility index (Phi) is 3.04. The normalized spacial score (nSPS) is 33.1. The molecule has 1 heterocycles. The van der Waals surface area contributed by atoms with Crippen molar-refractivity contribution in [2.75, 3.05) is 11.9 Å². The summed E-state index contributed by atoms with van der Waals surface area (Å²) in [4.78, 5) is 12.7. The minimum atomic E-state index is -0.968. The number of amides is 1. The van der Waals surface area contributed by atoms with E-state index in [1.807, 2.05) is 13.8 Å². The molecule has 5 heteroatoms. The number of anilines is 1. The summed E-state index contributed by atoms with van der Waals surface area (Å²) in [7, 11) is 0. The summed E-state index contributed by atoms with van der Waals surface area (Å²) in [5.74, 6) is -0.120. The second-order valence-corrected chi connectivity index (χ2v) is 6.70. The number of ether oxygens (including phenoxy) is 1. The lowest BCUT2D eigenvalue weighted by molar-refractivity contribution is -0.170. The Morgan fingerprint density at radius 3 is 2.90 bits per heavy atom. The summed E-state index contributed by atoms with van der Waals surface area (Å²) in [6, 6.07) is 5.26. The van der Waals surface area contributed by atoms with Crippen molar-refractivity contribution in [3.05, 3.63) is 23.8 Å². The van der Waals surface area contributed by atoms with Gasteiger partial charge >= 0.3 is 0 Å². The highest BCUT2D eigenvalue weighted by Crippen LogP contribution is 2.58. The SMILES string of the molecule is Cc1cccc(NC(=O)C2(N)C3CCOC3C2(C)C)c1O. The average Bonchev–Trinajstić information content (AvgIpc) is 2.91. The van der Waals surface area contributed by atoms with E-state index < -0.39 is 11.0 Å². The van der Waals surface area contributed by atoms with Crippen LogP contribution in [-0.2, 0) is 9.53 Å². The van der Waals surface area contributed by atoms with Gasteiger partial charge in [-0.3, -0.25) is 4.79 Å². The van der Waals surface area contributed by atoms with E-state index in [-0.39, 0.29) is 23.7 Å². The molecule has 0 bridgehead atoms. The van der Waals surface area contributed by atoms with E-state index in [0.29, 0.717) is 17.9 Å². The molecule has 1 saturated carbocycles. The van der Waals surface area contributed by atoms with Gasteiger partial charge in [-0.1, -0.05) is 26.0 Å². The number of nitrogens with one attached hydrogen (secondary N) is 1. The quantitative estimate of drug-likeness (QED) is 0.725. The third kappa shape index (κ3) is 1.74. The molecule has 2 fully saturated rings. The summed E-state index contributed by atoms with van der Waals surface area (Å²) in [5.41, 5.74) is 6.21. The van der Waals surface area contributed by atoms with Crippen LogP contribution in [0.25, 0.3) is 0 Å². The molecule has 1 aliphatic carbocycles. The van der Waals surface area contributed by atoms with Gasteiger partial charge in [0.2, 0.25) is 5.91 Å². The number of hydrogen-bond acceptors (Lipinski definition) is 4. The monoisotopic (exact) mass is 290 g/mol. The van der Waals surface area contributed by atoms with Gasteiger partial charge in [0.15, 0.2) is 0 Å². The van der Waals surface area contributed by atoms with Crippen molar-refractivity contribution in [2.24, 2.45) is 17.1 Å². The lowest BCUT2D eigenvalue weighted by Crippen LogP contribution is -2.79. The van der Waals surface area contributed by atoms with Gasteiger partial charge in [0.1, 0.15) is 11.3 Å². The molecule has 0 radical (unpaired) electrons. The van der Waals surface area contributed by atoms with Crippen LogP contribution in [0.4, 0.5) is 5.69 Å². The first-order chi connectivity index (χ1) is 9.80. The molecule has 114 valence electrons. The van der Waals surface area contributed by atoms with Crippen LogP contribution >= 0.6 is 0 Å². The first-order valence-electron chi connectivity index (χ1n) is 7.30. The highest BCUT2D eigenvalue weighted by Gasteiger charge is 2.71. The maximum atomic E-state index is 12.7. The van der Waals surface area contributed by atoms with Gasteiger partial charge in [-0.05, 0) is 25.0 Å². The minimum Gasteiger partial charge on any atom is -0.505 e. The first-order valence-corrected chi connectivity index (χ1v) is 7.30. The first kappa shape index (κ1) is 14.4. The predicted octanol–water partition coefficient (Wildman–Crippen LogP) is 1.78. The number of aromatic hydroxyl groups is 1. The summed E-state index contributed by atoms with van der Waals surface area (Å²) in [5, 5.41) is 12.8. The molecular formula is C16H22N2O3. The van der Waals surface area contributed by atoms with Gasteiger partial charge in [0.25, 0.3) is 0 Å². The summed E-state index contributed by atoms with van der Waals surface area (Å²) in [6.07, 6.45) is 0.844.